The molecule has 3 aromatic carbocycles. The molecule has 8 nitrogen and oxygen atoms in total. The Morgan fingerprint density at radius 1 is 0.522 bits per heavy atom. The zero-order valence-corrected chi connectivity index (χ0v) is 28.4. The first-order valence-corrected chi connectivity index (χ1v) is 17.1. The van der Waals surface area contributed by atoms with Gasteiger partial charge in [-0.15, -0.1) is 0 Å². The quantitative estimate of drug-likeness (QED) is 0.0548. The Morgan fingerprint density at radius 3 is 1.20 bits per heavy atom. The summed E-state index contributed by atoms with van der Waals surface area (Å²) < 4.78 is 35.7. The van der Waals surface area contributed by atoms with Crippen LogP contribution in [-0.4, -0.2) is 63.8 Å². The minimum Gasteiger partial charge on any atom is -0.488 e. The van der Waals surface area contributed by atoms with Gasteiger partial charge in [-0.1, -0.05) is 114 Å². The molecule has 0 radical (unpaired) electrons. The number of unbranched alkanes of at least 4 members (excludes halogenated alkanes) is 8. The highest BCUT2D eigenvalue weighted by Crippen LogP contribution is 2.42. The van der Waals surface area contributed by atoms with Crippen LogP contribution in [0.3, 0.4) is 0 Å². The molecule has 0 aliphatic heterocycles. The molecule has 0 bridgehead atoms. The van der Waals surface area contributed by atoms with E-state index in [1.807, 2.05) is 48.5 Å². The first-order chi connectivity index (χ1) is 22.4. The molecule has 0 fully saturated rings. The van der Waals surface area contributed by atoms with Crippen LogP contribution in [0.15, 0.2) is 48.5 Å². The Balaban J connectivity index is 1.75. The normalized spacial score (nSPS) is 12.6. The van der Waals surface area contributed by atoms with Gasteiger partial charge in [0.05, 0.1) is 13.2 Å². The molecule has 2 unspecified atom stereocenters. The van der Waals surface area contributed by atoms with Gasteiger partial charge in [0.25, 0.3) is 0 Å². The van der Waals surface area contributed by atoms with Crippen molar-refractivity contribution >= 4 is 33.5 Å². The standard InChI is InChI=1S/C38H54O8/c1-5-7-9-11-17-23-41-25-31(45-29(3)39)27-43-37-33-19-13-15-21-35(33)38(36-22-16-14-20-34(36)37)44-28-32(46-30(4)40)26-42-24-18-12-10-8-6-2/h13-16,19-22,31-32H,5-12,17-18,23-28H2,1-4H3. The maximum atomic E-state index is 11.9. The van der Waals surface area contributed by atoms with Crippen LogP contribution in [-0.2, 0) is 28.5 Å². The first kappa shape index (κ1) is 37.1. The second kappa shape index (κ2) is 21.4. The van der Waals surface area contributed by atoms with Crippen molar-refractivity contribution in [3.63, 3.8) is 0 Å². The van der Waals surface area contributed by atoms with Crippen molar-refractivity contribution in [3.05, 3.63) is 48.5 Å². The number of fused-ring (bicyclic) bond motifs is 2. The van der Waals surface area contributed by atoms with Gasteiger partial charge in [-0.3, -0.25) is 9.59 Å². The van der Waals surface area contributed by atoms with E-state index in [4.69, 9.17) is 28.4 Å². The van der Waals surface area contributed by atoms with E-state index in [-0.39, 0.29) is 38.4 Å². The molecule has 3 rings (SSSR count). The van der Waals surface area contributed by atoms with Crippen LogP contribution in [0.1, 0.15) is 91.9 Å². The van der Waals surface area contributed by atoms with Gasteiger partial charge in [-0.25, -0.2) is 0 Å². The second-order valence-corrected chi connectivity index (χ2v) is 11.8. The van der Waals surface area contributed by atoms with Gasteiger partial charge in [-0.2, -0.15) is 0 Å². The summed E-state index contributed by atoms with van der Waals surface area (Å²) in [5.74, 6) is 0.610. The summed E-state index contributed by atoms with van der Waals surface area (Å²) in [6.07, 6.45) is 10.4. The van der Waals surface area contributed by atoms with Crippen molar-refractivity contribution < 1.29 is 38.0 Å². The fourth-order valence-electron chi connectivity index (χ4n) is 5.46. The smallest absolute Gasteiger partial charge is 0.303 e. The Labute approximate surface area is 275 Å². The van der Waals surface area contributed by atoms with E-state index < -0.39 is 12.2 Å². The third-order valence-corrected chi connectivity index (χ3v) is 7.72. The largest absolute Gasteiger partial charge is 0.488 e. The van der Waals surface area contributed by atoms with Crippen LogP contribution in [0.4, 0.5) is 0 Å². The summed E-state index contributed by atoms with van der Waals surface area (Å²) >= 11 is 0. The number of carbonyl (C=O) groups excluding carboxylic acids is 2. The summed E-state index contributed by atoms with van der Waals surface area (Å²) in [5.41, 5.74) is 0. The zero-order chi connectivity index (χ0) is 33.0. The molecule has 0 aliphatic rings. The van der Waals surface area contributed by atoms with Crippen molar-refractivity contribution in [3.8, 4) is 11.5 Å². The van der Waals surface area contributed by atoms with Gasteiger partial charge in [0.1, 0.15) is 24.7 Å². The maximum absolute atomic E-state index is 11.9. The molecule has 8 heteroatoms. The summed E-state index contributed by atoms with van der Waals surface area (Å²) in [6.45, 7) is 9.26. The summed E-state index contributed by atoms with van der Waals surface area (Å²) in [5, 5.41) is 3.45. The molecule has 0 aromatic heterocycles. The molecule has 0 saturated heterocycles. The van der Waals surface area contributed by atoms with E-state index in [0.29, 0.717) is 24.7 Å². The minimum atomic E-state index is -0.544. The van der Waals surface area contributed by atoms with Gasteiger partial charge in [0.2, 0.25) is 0 Å². The number of ether oxygens (including phenoxy) is 6. The van der Waals surface area contributed by atoms with E-state index >= 15 is 0 Å². The molecule has 2 atom stereocenters. The first-order valence-electron chi connectivity index (χ1n) is 17.1. The number of rotatable bonds is 24. The maximum Gasteiger partial charge on any atom is 0.303 e. The molecule has 0 amide bonds. The highest BCUT2D eigenvalue weighted by atomic mass is 16.6. The van der Waals surface area contributed by atoms with Gasteiger partial charge < -0.3 is 28.4 Å². The van der Waals surface area contributed by atoms with Crippen LogP contribution in [0, 0.1) is 0 Å². The van der Waals surface area contributed by atoms with Crippen LogP contribution in [0.2, 0.25) is 0 Å². The van der Waals surface area contributed by atoms with E-state index in [2.05, 4.69) is 13.8 Å². The molecule has 46 heavy (non-hydrogen) atoms. The van der Waals surface area contributed by atoms with Crippen molar-refractivity contribution in [2.24, 2.45) is 0 Å². The van der Waals surface area contributed by atoms with Crippen molar-refractivity contribution in [2.75, 3.05) is 39.6 Å². The van der Waals surface area contributed by atoms with Gasteiger partial charge >= 0.3 is 11.9 Å². The van der Waals surface area contributed by atoms with E-state index in [9.17, 15) is 9.59 Å². The number of hydrogen-bond donors (Lipinski definition) is 0. The van der Waals surface area contributed by atoms with Crippen LogP contribution in [0.5, 0.6) is 11.5 Å². The average molecular weight is 639 g/mol. The molecular weight excluding hydrogens is 584 g/mol. The third-order valence-electron chi connectivity index (χ3n) is 7.72. The monoisotopic (exact) mass is 638 g/mol. The predicted octanol–water partition coefficient (Wildman–Crippen LogP) is 8.59. The Bertz CT molecular complexity index is 1170. The Hall–Kier alpha value is -3.36. The van der Waals surface area contributed by atoms with E-state index in [1.165, 1.54) is 52.4 Å². The molecule has 0 N–H and O–H groups in total. The summed E-state index contributed by atoms with van der Waals surface area (Å²) in [7, 11) is 0. The molecular formula is C38H54O8. The Kier molecular flexibility index (Phi) is 17.3. The number of benzene rings is 3. The van der Waals surface area contributed by atoms with Crippen LogP contribution >= 0.6 is 0 Å². The fraction of sp³-hybridized carbons (Fsp3) is 0.579. The van der Waals surface area contributed by atoms with Gasteiger partial charge in [0, 0.05) is 48.6 Å². The molecule has 0 spiro atoms. The molecule has 0 heterocycles. The molecule has 0 aliphatic carbocycles. The topological polar surface area (TPSA) is 89.5 Å². The highest BCUT2D eigenvalue weighted by molar-refractivity contribution is 6.11. The molecule has 0 saturated carbocycles. The average Bonchev–Trinajstić information content (AvgIpc) is 3.04. The van der Waals surface area contributed by atoms with Crippen molar-refractivity contribution in [1.29, 1.82) is 0 Å². The molecule has 3 aromatic rings. The third kappa shape index (κ3) is 12.8. The van der Waals surface area contributed by atoms with Gasteiger partial charge in [-0.05, 0) is 12.8 Å². The fourth-order valence-corrected chi connectivity index (χ4v) is 5.46. The lowest BCUT2D eigenvalue weighted by atomic mass is 10.0. The number of carbonyl (C=O) groups is 2. The lowest BCUT2D eigenvalue weighted by Gasteiger charge is -2.22. The van der Waals surface area contributed by atoms with E-state index in [0.717, 1.165) is 47.2 Å². The lowest BCUT2D eigenvalue weighted by Crippen LogP contribution is -2.29. The second-order valence-electron chi connectivity index (χ2n) is 11.8. The van der Waals surface area contributed by atoms with Crippen LogP contribution < -0.4 is 9.47 Å². The summed E-state index contributed by atoms with van der Waals surface area (Å²) in [4.78, 5) is 23.8. The number of hydrogen-bond acceptors (Lipinski definition) is 8. The lowest BCUT2D eigenvalue weighted by molar-refractivity contribution is -0.152. The van der Waals surface area contributed by atoms with Crippen molar-refractivity contribution in [2.45, 2.75) is 104 Å². The number of esters is 2. The predicted molar refractivity (Wildman–Crippen MR) is 183 cm³/mol. The van der Waals surface area contributed by atoms with Crippen molar-refractivity contribution in [1.82, 2.24) is 0 Å². The highest BCUT2D eigenvalue weighted by Gasteiger charge is 2.21. The summed E-state index contributed by atoms with van der Waals surface area (Å²) in [6, 6.07) is 15.8. The molecule has 254 valence electrons. The zero-order valence-electron chi connectivity index (χ0n) is 28.4. The minimum absolute atomic E-state index is 0.147. The SMILES string of the molecule is CCCCCCCOCC(COc1c2ccccc2c(OCC(COCCCCCCC)OC(C)=O)c2ccccc12)OC(C)=O. The van der Waals surface area contributed by atoms with Gasteiger partial charge in [0.15, 0.2) is 12.2 Å². The Morgan fingerprint density at radius 2 is 0.870 bits per heavy atom. The van der Waals surface area contributed by atoms with E-state index in [1.54, 1.807) is 0 Å². The van der Waals surface area contributed by atoms with Crippen LogP contribution in [0.25, 0.3) is 21.5 Å².